The number of hydrogen-bond acceptors (Lipinski definition) is 5. The first-order valence-electron chi connectivity index (χ1n) is 7.81. The summed E-state index contributed by atoms with van der Waals surface area (Å²) in [4.78, 5) is 37.2. The van der Waals surface area contributed by atoms with Crippen LogP contribution < -0.4 is 5.32 Å². The molecule has 2 aromatic rings. The minimum atomic E-state index is -1.19. The molecular formula is C18H17F2NO4S. The largest absolute Gasteiger partial charge is 0.453 e. The molecule has 0 bridgehead atoms. The lowest BCUT2D eigenvalue weighted by Crippen LogP contribution is -2.30. The lowest BCUT2D eigenvalue weighted by molar-refractivity contribution is -0.153. The quantitative estimate of drug-likeness (QED) is 0.584. The van der Waals surface area contributed by atoms with Crippen molar-refractivity contribution >= 4 is 34.7 Å². The molecule has 2 rings (SSSR count). The highest BCUT2D eigenvalue weighted by atomic mass is 32.1. The molecule has 1 atom stereocenters. The number of thiophene rings is 1. The van der Waals surface area contributed by atoms with Crippen LogP contribution in [0.25, 0.3) is 0 Å². The summed E-state index contributed by atoms with van der Waals surface area (Å²) in [6, 6.07) is 6.20. The van der Waals surface area contributed by atoms with Gasteiger partial charge >= 0.3 is 5.97 Å². The van der Waals surface area contributed by atoms with Crippen LogP contribution in [0.15, 0.2) is 30.3 Å². The number of nitrogens with one attached hydrogen (secondary N) is 1. The van der Waals surface area contributed by atoms with E-state index in [0.717, 1.165) is 17.0 Å². The van der Waals surface area contributed by atoms with Gasteiger partial charge in [0.05, 0.1) is 17.0 Å². The summed E-state index contributed by atoms with van der Waals surface area (Å²) in [5.74, 6) is -3.36. The number of rotatable bonds is 7. The average Bonchev–Trinajstić information content (AvgIpc) is 3.01. The monoisotopic (exact) mass is 381 g/mol. The van der Waals surface area contributed by atoms with Crippen LogP contribution in [0, 0.1) is 18.6 Å². The number of hydrogen-bond donors (Lipinski definition) is 1. The second-order valence-corrected chi connectivity index (χ2v) is 6.87. The fourth-order valence-corrected chi connectivity index (χ4v) is 2.89. The smallest absolute Gasteiger partial charge is 0.307 e. The molecule has 1 amide bonds. The van der Waals surface area contributed by atoms with Crippen molar-refractivity contribution in [3.05, 3.63) is 51.7 Å². The van der Waals surface area contributed by atoms with Gasteiger partial charge in [-0.1, -0.05) is 0 Å². The van der Waals surface area contributed by atoms with Gasteiger partial charge in [-0.15, -0.1) is 11.3 Å². The van der Waals surface area contributed by atoms with Crippen LogP contribution in [0.1, 0.15) is 34.3 Å². The molecule has 0 unspecified atom stereocenters. The van der Waals surface area contributed by atoms with Gasteiger partial charge in [-0.3, -0.25) is 14.4 Å². The molecular weight excluding hydrogens is 364 g/mol. The van der Waals surface area contributed by atoms with Crippen LogP contribution in [0.3, 0.4) is 0 Å². The Labute approximate surface area is 153 Å². The van der Waals surface area contributed by atoms with E-state index in [1.165, 1.54) is 18.3 Å². The number of benzene rings is 1. The molecule has 0 spiro atoms. The third-order valence-corrected chi connectivity index (χ3v) is 4.48. The first-order valence-corrected chi connectivity index (χ1v) is 8.63. The Morgan fingerprint density at radius 3 is 2.50 bits per heavy atom. The lowest BCUT2D eigenvalue weighted by Gasteiger charge is -2.13. The molecule has 8 heteroatoms. The topological polar surface area (TPSA) is 72.5 Å². The predicted octanol–water partition coefficient (Wildman–Crippen LogP) is 3.87. The number of carbonyl (C=O) groups is 3. The summed E-state index contributed by atoms with van der Waals surface area (Å²) < 4.78 is 31.3. The maximum atomic E-state index is 13.5. The zero-order valence-electron chi connectivity index (χ0n) is 14.2. The summed E-state index contributed by atoms with van der Waals surface area (Å²) in [6.07, 6.45) is -1.39. The summed E-state index contributed by atoms with van der Waals surface area (Å²) in [5, 5.41) is 2.21. The van der Waals surface area contributed by atoms with E-state index >= 15 is 0 Å². The summed E-state index contributed by atoms with van der Waals surface area (Å²) >= 11 is 1.34. The van der Waals surface area contributed by atoms with Gasteiger partial charge in [0.2, 0.25) is 0 Å². The fourth-order valence-electron chi connectivity index (χ4n) is 2.06. The number of anilines is 1. The molecule has 0 saturated heterocycles. The summed E-state index contributed by atoms with van der Waals surface area (Å²) in [6.45, 7) is 3.19. The SMILES string of the molecule is Cc1ccc(C(=O)CCC(=O)O[C@H](C)C(=O)Nc2ccc(F)cc2F)s1. The van der Waals surface area contributed by atoms with Crippen LogP contribution in [0.4, 0.5) is 14.5 Å². The van der Waals surface area contributed by atoms with Gasteiger partial charge in [0, 0.05) is 17.4 Å². The molecule has 1 N–H and O–H groups in total. The van der Waals surface area contributed by atoms with E-state index in [-0.39, 0.29) is 24.3 Å². The molecule has 1 aromatic carbocycles. The van der Waals surface area contributed by atoms with E-state index < -0.39 is 29.6 Å². The molecule has 1 aromatic heterocycles. The standard InChI is InChI=1S/C18H17F2NO4S/c1-10-3-7-16(26-10)15(22)6-8-17(23)25-11(2)18(24)21-14-5-4-12(19)9-13(14)20/h3-5,7,9,11H,6,8H2,1-2H3,(H,21,24)/t11-/m1/s1. The fraction of sp³-hybridized carbons (Fsp3) is 0.278. The third-order valence-electron chi connectivity index (χ3n) is 3.44. The van der Waals surface area contributed by atoms with Crippen LogP contribution in [0.5, 0.6) is 0 Å². The van der Waals surface area contributed by atoms with E-state index in [1.807, 2.05) is 13.0 Å². The Bertz CT molecular complexity index is 834. The highest BCUT2D eigenvalue weighted by molar-refractivity contribution is 7.14. The van der Waals surface area contributed by atoms with Crippen LogP contribution in [0.2, 0.25) is 0 Å². The zero-order chi connectivity index (χ0) is 19.3. The average molecular weight is 381 g/mol. The van der Waals surface area contributed by atoms with E-state index in [4.69, 9.17) is 4.74 Å². The van der Waals surface area contributed by atoms with Crippen molar-refractivity contribution in [2.45, 2.75) is 32.8 Å². The van der Waals surface area contributed by atoms with Crippen molar-refractivity contribution in [3.8, 4) is 0 Å². The lowest BCUT2D eigenvalue weighted by atomic mass is 10.2. The number of esters is 1. The summed E-state index contributed by atoms with van der Waals surface area (Å²) in [7, 11) is 0. The molecule has 5 nitrogen and oxygen atoms in total. The maximum absolute atomic E-state index is 13.5. The molecule has 0 radical (unpaired) electrons. The maximum Gasteiger partial charge on any atom is 0.307 e. The number of carbonyl (C=O) groups excluding carboxylic acids is 3. The van der Waals surface area contributed by atoms with E-state index in [1.54, 1.807) is 6.07 Å². The second kappa shape index (κ2) is 8.66. The number of halogens is 2. The van der Waals surface area contributed by atoms with Gasteiger partial charge in [-0.25, -0.2) is 8.78 Å². The van der Waals surface area contributed by atoms with Gasteiger partial charge in [0.1, 0.15) is 11.6 Å². The third kappa shape index (κ3) is 5.45. The number of aryl methyl sites for hydroxylation is 1. The molecule has 26 heavy (non-hydrogen) atoms. The minimum absolute atomic E-state index is 0.0281. The normalized spacial score (nSPS) is 11.7. The van der Waals surface area contributed by atoms with Gasteiger partial charge in [-0.05, 0) is 38.1 Å². The number of ketones is 1. The number of amides is 1. The highest BCUT2D eigenvalue weighted by Gasteiger charge is 2.20. The molecule has 0 aliphatic carbocycles. The van der Waals surface area contributed by atoms with Crippen LogP contribution in [-0.2, 0) is 14.3 Å². The number of Topliss-reactive ketones (excluding diaryl/α,β-unsaturated/α-hetero) is 1. The van der Waals surface area contributed by atoms with Crippen molar-refractivity contribution in [2.75, 3.05) is 5.32 Å². The van der Waals surface area contributed by atoms with Crippen molar-refractivity contribution < 1.29 is 27.9 Å². The molecule has 0 fully saturated rings. The first kappa shape index (κ1) is 19.7. The Morgan fingerprint density at radius 2 is 1.88 bits per heavy atom. The van der Waals surface area contributed by atoms with Gasteiger partial charge in [0.15, 0.2) is 11.9 Å². The Hall–Kier alpha value is -2.61. The van der Waals surface area contributed by atoms with Crippen LogP contribution >= 0.6 is 11.3 Å². The van der Waals surface area contributed by atoms with E-state index in [9.17, 15) is 23.2 Å². The van der Waals surface area contributed by atoms with Crippen molar-refractivity contribution in [1.29, 1.82) is 0 Å². The molecule has 0 aliphatic heterocycles. The number of ether oxygens (including phenoxy) is 1. The van der Waals surface area contributed by atoms with E-state index in [2.05, 4.69) is 5.32 Å². The Morgan fingerprint density at radius 1 is 1.15 bits per heavy atom. The molecule has 0 aliphatic rings. The minimum Gasteiger partial charge on any atom is -0.453 e. The molecule has 1 heterocycles. The van der Waals surface area contributed by atoms with Crippen molar-refractivity contribution in [2.24, 2.45) is 0 Å². The van der Waals surface area contributed by atoms with Crippen molar-refractivity contribution in [1.82, 2.24) is 0 Å². The highest BCUT2D eigenvalue weighted by Crippen LogP contribution is 2.18. The second-order valence-electron chi connectivity index (χ2n) is 5.58. The predicted molar refractivity (Wildman–Crippen MR) is 93.2 cm³/mol. The molecule has 138 valence electrons. The first-order chi connectivity index (χ1) is 12.3. The van der Waals surface area contributed by atoms with E-state index in [0.29, 0.717) is 10.9 Å². The Balaban J connectivity index is 1.82. The van der Waals surface area contributed by atoms with Crippen molar-refractivity contribution in [3.63, 3.8) is 0 Å². The van der Waals surface area contributed by atoms with Crippen LogP contribution in [-0.4, -0.2) is 23.8 Å². The van der Waals surface area contributed by atoms with Gasteiger partial charge < -0.3 is 10.1 Å². The zero-order valence-corrected chi connectivity index (χ0v) is 15.0. The van der Waals surface area contributed by atoms with Gasteiger partial charge in [-0.2, -0.15) is 0 Å². The molecule has 0 saturated carbocycles. The Kier molecular flexibility index (Phi) is 6.57. The summed E-state index contributed by atoms with van der Waals surface area (Å²) in [5.41, 5.74) is -0.220. The van der Waals surface area contributed by atoms with Gasteiger partial charge in [0.25, 0.3) is 5.91 Å².